The molecule has 1 aliphatic rings. The van der Waals surface area contributed by atoms with E-state index in [4.69, 9.17) is 0 Å². The van der Waals surface area contributed by atoms with Gasteiger partial charge in [-0.25, -0.2) is 8.78 Å². The third kappa shape index (κ3) is 4.63. The zero-order valence-electron chi connectivity index (χ0n) is 18.9. The van der Waals surface area contributed by atoms with Gasteiger partial charge in [-0.05, 0) is 62.4 Å². The van der Waals surface area contributed by atoms with Crippen LogP contribution in [0.5, 0.6) is 0 Å². The van der Waals surface area contributed by atoms with Gasteiger partial charge in [-0.3, -0.25) is 9.59 Å². The molecule has 174 valence electrons. The summed E-state index contributed by atoms with van der Waals surface area (Å²) in [5.41, 5.74) is 2.22. The fraction of sp³-hybridized carbons (Fsp3) is 0.385. The van der Waals surface area contributed by atoms with Gasteiger partial charge < -0.3 is 14.6 Å². The number of benzene rings is 2. The van der Waals surface area contributed by atoms with Gasteiger partial charge in [0.05, 0.1) is 17.5 Å². The Labute approximate surface area is 191 Å². The van der Waals surface area contributed by atoms with Crippen molar-refractivity contribution >= 4 is 22.8 Å². The molecule has 1 amide bonds. The van der Waals surface area contributed by atoms with Crippen LogP contribution in [-0.4, -0.2) is 33.0 Å². The van der Waals surface area contributed by atoms with Crippen LogP contribution in [0.25, 0.3) is 10.9 Å². The first kappa shape index (κ1) is 23.0. The molecule has 5 nitrogen and oxygen atoms in total. The molecule has 0 aliphatic carbocycles. The van der Waals surface area contributed by atoms with Gasteiger partial charge in [0, 0.05) is 30.6 Å². The van der Waals surface area contributed by atoms with E-state index in [1.165, 1.54) is 18.2 Å². The number of aliphatic carboxylic acids is 1. The molecular formula is C26H28F2N2O3. The summed E-state index contributed by atoms with van der Waals surface area (Å²) < 4.78 is 30.5. The topological polar surface area (TPSA) is 62.5 Å². The lowest BCUT2D eigenvalue weighted by Gasteiger charge is -2.29. The number of nitrogens with zero attached hydrogens (tertiary/aromatic N) is 2. The lowest BCUT2D eigenvalue weighted by atomic mass is 9.87. The van der Waals surface area contributed by atoms with E-state index < -0.39 is 11.4 Å². The highest BCUT2D eigenvalue weighted by Gasteiger charge is 2.30. The summed E-state index contributed by atoms with van der Waals surface area (Å²) >= 11 is 0. The van der Waals surface area contributed by atoms with Crippen LogP contribution >= 0.6 is 0 Å². The smallest absolute Gasteiger partial charge is 0.309 e. The van der Waals surface area contributed by atoms with Gasteiger partial charge in [-0.1, -0.05) is 24.3 Å². The van der Waals surface area contributed by atoms with Gasteiger partial charge in [-0.15, -0.1) is 0 Å². The average molecular weight is 455 g/mol. The number of hydrogen-bond acceptors (Lipinski definition) is 2. The van der Waals surface area contributed by atoms with Crippen molar-refractivity contribution < 1.29 is 23.5 Å². The Morgan fingerprint density at radius 3 is 2.61 bits per heavy atom. The molecule has 1 N–H and O–H groups in total. The number of para-hydroxylation sites is 1. The van der Waals surface area contributed by atoms with Crippen molar-refractivity contribution in [3.63, 3.8) is 0 Å². The van der Waals surface area contributed by atoms with Crippen LogP contribution < -0.4 is 0 Å². The third-order valence-electron chi connectivity index (χ3n) is 6.58. The summed E-state index contributed by atoms with van der Waals surface area (Å²) in [6.45, 7) is 4.50. The zero-order valence-corrected chi connectivity index (χ0v) is 18.9. The molecule has 2 heterocycles. The molecule has 2 aromatic carbocycles. The summed E-state index contributed by atoms with van der Waals surface area (Å²) in [6, 6.07) is 11.3. The molecule has 1 aromatic heterocycles. The SMILES string of the molecule is CC(C)(CCCC(=O)N1CCc2c(n(Cc3cccc(F)c3)c3c(F)cccc23)C1)C(=O)O. The van der Waals surface area contributed by atoms with Gasteiger partial charge >= 0.3 is 5.97 Å². The summed E-state index contributed by atoms with van der Waals surface area (Å²) in [5, 5.41) is 10.1. The van der Waals surface area contributed by atoms with Crippen LogP contribution in [-0.2, 0) is 29.1 Å². The molecule has 0 saturated carbocycles. The summed E-state index contributed by atoms with van der Waals surface area (Å²) in [7, 11) is 0. The van der Waals surface area contributed by atoms with Gasteiger partial charge in [-0.2, -0.15) is 0 Å². The highest BCUT2D eigenvalue weighted by Crippen LogP contribution is 2.33. The molecule has 7 heteroatoms. The quantitative estimate of drug-likeness (QED) is 0.538. The maximum Gasteiger partial charge on any atom is 0.309 e. The van der Waals surface area contributed by atoms with E-state index in [1.807, 2.05) is 10.6 Å². The number of halogens is 2. The number of carbonyl (C=O) groups excluding carboxylic acids is 1. The van der Waals surface area contributed by atoms with E-state index in [0.717, 1.165) is 22.2 Å². The number of rotatable bonds is 7. The van der Waals surface area contributed by atoms with Crippen LogP contribution in [0, 0.1) is 17.0 Å². The first-order valence-electron chi connectivity index (χ1n) is 11.2. The number of amides is 1. The fourth-order valence-electron chi connectivity index (χ4n) is 4.60. The molecule has 0 unspecified atom stereocenters. The van der Waals surface area contributed by atoms with Crippen molar-refractivity contribution in [2.24, 2.45) is 5.41 Å². The van der Waals surface area contributed by atoms with Crippen LogP contribution in [0.4, 0.5) is 8.78 Å². The molecule has 0 radical (unpaired) electrons. The molecule has 4 rings (SSSR count). The molecule has 33 heavy (non-hydrogen) atoms. The number of fused-ring (bicyclic) bond motifs is 3. The standard InChI is InChI=1S/C26H28F2N2O3/c1-26(2,25(32)33)12-5-10-23(31)29-13-11-19-20-8-4-9-21(28)24(20)30(22(19)16-29)15-17-6-3-7-18(27)14-17/h3-4,6-9,14H,5,10-13,15-16H2,1-2H3,(H,32,33). The Balaban J connectivity index is 1.60. The lowest BCUT2D eigenvalue weighted by molar-refractivity contribution is -0.147. The van der Waals surface area contributed by atoms with E-state index >= 15 is 0 Å². The monoisotopic (exact) mass is 454 g/mol. The van der Waals surface area contributed by atoms with Crippen molar-refractivity contribution in [3.8, 4) is 0 Å². The Morgan fingerprint density at radius 2 is 1.88 bits per heavy atom. The summed E-state index contributed by atoms with van der Waals surface area (Å²) in [6.07, 6.45) is 1.78. The first-order valence-corrected chi connectivity index (χ1v) is 11.2. The predicted octanol–water partition coefficient (Wildman–Crippen LogP) is 5.13. The van der Waals surface area contributed by atoms with Crippen LogP contribution in [0.2, 0.25) is 0 Å². The molecule has 3 aromatic rings. The summed E-state index contributed by atoms with van der Waals surface area (Å²) in [5.74, 6) is -1.60. The molecule has 0 bridgehead atoms. The second-order valence-electron chi connectivity index (χ2n) is 9.39. The Bertz CT molecular complexity index is 1220. The molecule has 0 saturated heterocycles. The average Bonchev–Trinajstić information content (AvgIpc) is 3.07. The van der Waals surface area contributed by atoms with E-state index in [9.17, 15) is 23.5 Å². The second-order valence-corrected chi connectivity index (χ2v) is 9.39. The Hall–Kier alpha value is -3.22. The van der Waals surface area contributed by atoms with E-state index in [0.29, 0.717) is 44.4 Å². The molecule has 1 aliphatic heterocycles. The number of carboxylic acid groups (broad SMARTS) is 1. The third-order valence-corrected chi connectivity index (χ3v) is 6.58. The normalized spacial score (nSPS) is 13.9. The Morgan fingerprint density at radius 1 is 1.12 bits per heavy atom. The van der Waals surface area contributed by atoms with Crippen LogP contribution in [0.3, 0.4) is 0 Å². The lowest BCUT2D eigenvalue weighted by Crippen LogP contribution is -2.36. The van der Waals surface area contributed by atoms with Gasteiger partial charge in [0.2, 0.25) is 5.91 Å². The van der Waals surface area contributed by atoms with Crippen molar-refractivity contribution in [1.82, 2.24) is 9.47 Å². The maximum atomic E-state index is 14.9. The van der Waals surface area contributed by atoms with Crippen molar-refractivity contribution in [1.29, 1.82) is 0 Å². The highest BCUT2D eigenvalue weighted by atomic mass is 19.1. The largest absolute Gasteiger partial charge is 0.481 e. The number of hydrogen-bond donors (Lipinski definition) is 1. The number of carboxylic acids is 1. The second kappa shape index (κ2) is 8.96. The fourth-order valence-corrected chi connectivity index (χ4v) is 4.60. The van der Waals surface area contributed by atoms with Crippen molar-refractivity contribution in [2.45, 2.75) is 52.6 Å². The maximum absolute atomic E-state index is 14.9. The summed E-state index contributed by atoms with van der Waals surface area (Å²) in [4.78, 5) is 26.0. The number of aromatic nitrogens is 1. The molecule has 0 atom stereocenters. The molecule has 0 fully saturated rings. The first-order chi connectivity index (χ1) is 15.7. The van der Waals surface area contributed by atoms with Gasteiger partial charge in [0.1, 0.15) is 11.6 Å². The van der Waals surface area contributed by atoms with Crippen molar-refractivity contribution in [2.75, 3.05) is 6.54 Å². The van der Waals surface area contributed by atoms with Gasteiger partial charge in [0.15, 0.2) is 0 Å². The minimum atomic E-state index is -0.874. The zero-order chi connectivity index (χ0) is 23.8. The molecular weight excluding hydrogens is 426 g/mol. The Kier molecular flexibility index (Phi) is 6.23. The molecule has 0 spiro atoms. The van der Waals surface area contributed by atoms with Crippen LogP contribution in [0.1, 0.15) is 49.9 Å². The number of carbonyl (C=O) groups is 2. The minimum Gasteiger partial charge on any atom is -0.481 e. The predicted molar refractivity (Wildman–Crippen MR) is 122 cm³/mol. The minimum absolute atomic E-state index is 0.0372. The van der Waals surface area contributed by atoms with Crippen molar-refractivity contribution in [3.05, 3.63) is 70.9 Å². The van der Waals surface area contributed by atoms with E-state index in [1.54, 1.807) is 36.9 Å². The van der Waals surface area contributed by atoms with E-state index in [-0.39, 0.29) is 24.0 Å². The van der Waals surface area contributed by atoms with E-state index in [2.05, 4.69) is 0 Å². The van der Waals surface area contributed by atoms with Gasteiger partial charge in [0.25, 0.3) is 0 Å². The highest BCUT2D eigenvalue weighted by molar-refractivity contribution is 5.87. The van der Waals surface area contributed by atoms with Crippen LogP contribution in [0.15, 0.2) is 42.5 Å².